The van der Waals surface area contributed by atoms with Gasteiger partial charge in [-0.1, -0.05) is 0 Å². The maximum atomic E-state index is 11.8. The van der Waals surface area contributed by atoms with Crippen molar-refractivity contribution in [3.63, 3.8) is 0 Å². The second-order valence-electron chi connectivity index (χ2n) is 5.42. The predicted molar refractivity (Wildman–Crippen MR) is 93.9 cm³/mol. The smallest absolute Gasteiger partial charge is 0.337 e. The highest BCUT2D eigenvalue weighted by Crippen LogP contribution is 2.21. The van der Waals surface area contributed by atoms with E-state index in [1.54, 1.807) is 24.3 Å². The number of amides is 1. The number of azo groups is 1. The maximum absolute atomic E-state index is 11.8. The van der Waals surface area contributed by atoms with E-state index in [2.05, 4.69) is 30.3 Å². The van der Waals surface area contributed by atoms with Crippen LogP contribution in [-0.2, 0) is 25.5 Å². The summed E-state index contributed by atoms with van der Waals surface area (Å²) in [6.07, 6.45) is 1.52. The molecule has 0 bridgehead atoms. The highest BCUT2D eigenvalue weighted by molar-refractivity contribution is 5.89. The maximum Gasteiger partial charge on any atom is 0.337 e. The summed E-state index contributed by atoms with van der Waals surface area (Å²) in [6.45, 7) is 1.31. The lowest BCUT2D eigenvalue weighted by Crippen LogP contribution is -2.42. The van der Waals surface area contributed by atoms with Crippen LogP contribution in [0.1, 0.15) is 23.0 Å². The molecule has 1 aromatic heterocycles. The Morgan fingerprint density at radius 1 is 1.15 bits per heavy atom. The van der Waals surface area contributed by atoms with Crippen LogP contribution in [0, 0.1) is 0 Å². The van der Waals surface area contributed by atoms with Crippen molar-refractivity contribution in [1.29, 1.82) is 0 Å². The average molecular weight is 373 g/mol. The molecule has 2 aromatic rings. The molecule has 1 amide bonds. The number of rotatable bonds is 7. The molecule has 1 atom stereocenters. The van der Waals surface area contributed by atoms with Crippen molar-refractivity contribution in [2.24, 2.45) is 10.2 Å². The zero-order chi connectivity index (χ0) is 19.8. The molecule has 0 aliphatic rings. The first-order chi connectivity index (χ1) is 12.9. The van der Waals surface area contributed by atoms with E-state index in [0.717, 1.165) is 0 Å². The highest BCUT2D eigenvalue weighted by Gasteiger charge is 2.23. The van der Waals surface area contributed by atoms with Crippen molar-refractivity contribution in [3.8, 4) is 0 Å². The third kappa shape index (κ3) is 5.46. The van der Waals surface area contributed by atoms with E-state index in [0.29, 0.717) is 16.9 Å². The first-order valence-electron chi connectivity index (χ1n) is 7.92. The minimum absolute atomic E-state index is 0.113. The van der Waals surface area contributed by atoms with Crippen molar-refractivity contribution in [3.05, 3.63) is 41.9 Å². The van der Waals surface area contributed by atoms with Crippen molar-refractivity contribution >= 4 is 29.4 Å². The lowest BCUT2D eigenvalue weighted by molar-refractivity contribution is -0.144. The predicted octanol–water partition coefficient (Wildman–Crippen LogP) is 1.83. The number of esters is 2. The molecule has 0 radical (unpaired) electrons. The molecule has 1 heterocycles. The number of aromatic amines is 1. The minimum Gasteiger partial charge on any atom is -0.467 e. The molecule has 0 saturated carbocycles. The van der Waals surface area contributed by atoms with Gasteiger partial charge in [-0.25, -0.2) is 14.6 Å². The topological polar surface area (TPSA) is 135 Å². The molecule has 1 aromatic carbocycles. The average Bonchev–Trinajstić information content (AvgIpc) is 3.11. The number of H-pyrrole nitrogens is 1. The van der Waals surface area contributed by atoms with Crippen LogP contribution in [0.25, 0.3) is 0 Å². The summed E-state index contributed by atoms with van der Waals surface area (Å²) in [5.74, 6) is -1.12. The van der Waals surface area contributed by atoms with Gasteiger partial charge in [0, 0.05) is 13.3 Å². The summed E-state index contributed by atoms with van der Waals surface area (Å²) in [4.78, 5) is 41.4. The lowest BCUT2D eigenvalue weighted by Gasteiger charge is -2.14. The largest absolute Gasteiger partial charge is 0.467 e. The number of hydrogen-bond donors (Lipinski definition) is 2. The number of benzene rings is 1. The van der Waals surface area contributed by atoms with Gasteiger partial charge < -0.3 is 19.8 Å². The van der Waals surface area contributed by atoms with Gasteiger partial charge >= 0.3 is 11.9 Å². The number of imidazole rings is 1. The number of hydrogen-bond acceptors (Lipinski definition) is 8. The number of aromatic nitrogens is 2. The van der Waals surface area contributed by atoms with Crippen LogP contribution in [0.15, 0.2) is 40.8 Å². The van der Waals surface area contributed by atoms with Crippen LogP contribution in [0.5, 0.6) is 0 Å². The number of nitrogens with zero attached hydrogens (tertiary/aromatic N) is 3. The van der Waals surface area contributed by atoms with Gasteiger partial charge in [-0.05, 0) is 24.3 Å². The van der Waals surface area contributed by atoms with E-state index in [9.17, 15) is 14.4 Å². The fraction of sp³-hybridized carbons (Fsp3) is 0.294. The molecule has 1 unspecified atom stereocenters. The van der Waals surface area contributed by atoms with Crippen LogP contribution in [0.2, 0.25) is 0 Å². The van der Waals surface area contributed by atoms with E-state index < -0.39 is 18.0 Å². The van der Waals surface area contributed by atoms with Crippen LogP contribution in [0.4, 0.5) is 11.5 Å². The van der Waals surface area contributed by atoms with Crippen molar-refractivity contribution in [1.82, 2.24) is 15.3 Å². The number of carbonyl (C=O) groups is 3. The third-order valence-corrected chi connectivity index (χ3v) is 3.52. The van der Waals surface area contributed by atoms with Gasteiger partial charge in [0.05, 0.1) is 37.5 Å². The van der Waals surface area contributed by atoms with Crippen LogP contribution >= 0.6 is 0 Å². The van der Waals surface area contributed by atoms with Crippen LogP contribution < -0.4 is 5.32 Å². The Bertz CT molecular complexity index is 844. The van der Waals surface area contributed by atoms with Gasteiger partial charge in [0.15, 0.2) is 5.82 Å². The fourth-order valence-corrected chi connectivity index (χ4v) is 2.22. The monoisotopic (exact) mass is 373 g/mol. The van der Waals surface area contributed by atoms with E-state index in [1.807, 2.05) is 0 Å². The van der Waals surface area contributed by atoms with Gasteiger partial charge in [-0.3, -0.25) is 4.79 Å². The van der Waals surface area contributed by atoms with E-state index >= 15 is 0 Å². The Kier molecular flexibility index (Phi) is 6.75. The molecule has 0 aliphatic heterocycles. The number of nitrogens with one attached hydrogen (secondary N) is 2. The van der Waals surface area contributed by atoms with Gasteiger partial charge in [0.2, 0.25) is 5.91 Å². The standard InChI is InChI=1S/C17H19N5O5/c1-10(23)20-14(17(25)27-3)8-13-15(19-9-18-13)22-21-12-6-4-11(5-7-12)16(24)26-2/h4-7,9,14H,8H2,1-3H3,(H,18,19)(H,20,23). The minimum atomic E-state index is -0.874. The lowest BCUT2D eigenvalue weighted by atomic mass is 10.1. The van der Waals surface area contributed by atoms with Gasteiger partial charge in [0.25, 0.3) is 0 Å². The normalized spacial score (nSPS) is 11.8. The summed E-state index contributed by atoms with van der Waals surface area (Å²) in [5.41, 5.74) is 1.41. The molecule has 142 valence electrons. The summed E-state index contributed by atoms with van der Waals surface area (Å²) in [5, 5.41) is 10.6. The van der Waals surface area contributed by atoms with Crippen molar-refractivity contribution in [2.45, 2.75) is 19.4 Å². The first kappa shape index (κ1) is 19.8. The number of carbonyl (C=O) groups excluding carboxylic acids is 3. The van der Waals surface area contributed by atoms with Gasteiger partial charge in [0.1, 0.15) is 6.04 Å². The Balaban J connectivity index is 2.13. The third-order valence-electron chi connectivity index (χ3n) is 3.52. The summed E-state index contributed by atoms with van der Waals surface area (Å²) < 4.78 is 9.32. The zero-order valence-corrected chi connectivity index (χ0v) is 15.1. The Morgan fingerprint density at radius 3 is 2.44 bits per heavy atom. The molecular weight excluding hydrogens is 354 g/mol. The Morgan fingerprint density at radius 2 is 1.85 bits per heavy atom. The Labute approximate surface area is 155 Å². The molecule has 2 rings (SSSR count). The van der Waals surface area contributed by atoms with Crippen molar-refractivity contribution in [2.75, 3.05) is 14.2 Å². The van der Waals surface area contributed by atoms with Crippen LogP contribution in [0.3, 0.4) is 0 Å². The summed E-state index contributed by atoms with van der Waals surface area (Å²) >= 11 is 0. The van der Waals surface area contributed by atoms with Crippen molar-refractivity contribution < 1.29 is 23.9 Å². The summed E-state index contributed by atoms with van der Waals surface area (Å²) in [7, 11) is 2.54. The number of ether oxygens (including phenoxy) is 2. The molecule has 0 aliphatic carbocycles. The van der Waals surface area contributed by atoms with Gasteiger partial charge in [-0.15, -0.1) is 10.2 Å². The summed E-state index contributed by atoms with van der Waals surface area (Å²) in [6, 6.07) is 5.47. The molecule has 0 spiro atoms. The molecular formula is C17H19N5O5. The van der Waals surface area contributed by atoms with Gasteiger partial charge in [-0.2, -0.15) is 0 Å². The number of methoxy groups -OCH3 is 2. The second-order valence-corrected chi connectivity index (χ2v) is 5.42. The molecule has 0 fully saturated rings. The molecule has 10 heteroatoms. The SMILES string of the molecule is COC(=O)c1ccc(N=Nc2nc[nH]c2CC(NC(C)=O)C(=O)OC)cc1. The zero-order valence-electron chi connectivity index (χ0n) is 15.1. The molecule has 2 N–H and O–H groups in total. The molecule has 27 heavy (non-hydrogen) atoms. The first-order valence-corrected chi connectivity index (χ1v) is 7.92. The highest BCUT2D eigenvalue weighted by atomic mass is 16.5. The van der Waals surface area contributed by atoms with E-state index in [1.165, 1.54) is 27.5 Å². The van der Waals surface area contributed by atoms with E-state index in [4.69, 9.17) is 4.74 Å². The second kappa shape index (κ2) is 9.22. The quantitative estimate of drug-likeness (QED) is 0.561. The molecule has 10 nitrogen and oxygen atoms in total. The fourth-order valence-electron chi connectivity index (χ4n) is 2.22. The van der Waals surface area contributed by atoms with Crippen LogP contribution in [-0.4, -0.2) is 48.1 Å². The Hall–Kier alpha value is -3.56. The van der Waals surface area contributed by atoms with E-state index in [-0.39, 0.29) is 18.1 Å². The molecule has 0 saturated heterocycles.